The second-order valence-corrected chi connectivity index (χ2v) is 10.5. The molecule has 2 N–H and O–H groups in total. The van der Waals surface area contributed by atoms with Crippen LogP contribution in [0.25, 0.3) is 17.0 Å². The second-order valence-electron chi connectivity index (χ2n) is 8.17. The number of anilines is 2. The summed E-state index contributed by atoms with van der Waals surface area (Å²) >= 11 is 0. The van der Waals surface area contributed by atoms with Crippen molar-refractivity contribution in [2.24, 2.45) is 0 Å². The maximum absolute atomic E-state index is 14.8. The quantitative estimate of drug-likeness (QED) is 0.544. The molecule has 0 bridgehead atoms. The molecule has 176 valence electrons. The Bertz CT molecular complexity index is 1260. The van der Waals surface area contributed by atoms with Crippen LogP contribution in [0.1, 0.15) is 12.8 Å². The largest absolute Gasteiger partial charge is 0.493 e. The van der Waals surface area contributed by atoms with Gasteiger partial charge in [-0.05, 0) is 19.4 Å². The van der Waals surface area contributed by atoms with Crippen molar-refractivity contribution >= 4 is 27.3 Å². The number of fused-ring (bicyclic) bond motifs is 1. The second kappa shape index (κ2) is 8.71. The summed E-state index contributed by atoms with van der Waals surface area (Å²) in [5, 5.41) is 11.2. The third-order valence-electron chi connectivity index (χ3n) is 5.92. The van der Waals surface area contributed by atoms with Crippen molar-refractivity contribution in [2.45, 2.75) is 18.9 Å². The molecule has 0 aliphatic carbocycles. The normalized spacial score (nSPS) is 20.7. The van der Waals surface area contributed by atoms with E-state index in [1.54, 1.807) is 6.07 Å². The SMILES string of the molecule is COc1cc2ncc(-c3nc(NC4CCCNC4)ncc3F)n2nc1N1CCS(=O)(=O)CC1. The number of hydrogen-bond acceptors (Lipinski definition) is 10. The Morgan fingerprint density at radius 2 is 2.06 bits per heavy atom. The van der Waals surface area contributed by atoms with Gasteiger partial charge in [-0.15, -0.1) is 5.10 Å². The molecule has 0 aromatic carbocycles. The Hall–Kier alpha value is -3.06. The fourth-order valence-electron chi connectivity index (χ4n) is 4.12. The summed E-state index contributed by atoms with van der Waals surface area (Å²) in [5.41, 5.74) is 0.899. The average molecular weight is 477 g/mol. The number of imidazole rings is 1. The first-order chi connectivity index (χ1) is 15.9. The minimum atomic E-state index is -3.06. The van der Waals surface area contributed by atoms with Gasteiger partial charge in [0.25, 0.3) is 0 Å². The standard InChI is InChI=1S/C20H25FN8O3S/c1-32-16-9-17-23-12-15(29(17)27-19(16)28-5-7-33(30,31)8-6-28)18-14(21)11-24-20(26-18)25-13-3-2-4-22-10-13/h9,11-13,22H,2-8,10H2,1H3,(H,24,25,26). The Kier molecular flexibility index (Phi) is 5.74. The highest BCUT2D eigenvalue weighted by Crippen LogP contribution is 2.31. The molecule has 5 rings (SSSR count). The minimum Gasteiger partial charge on any atom is -0.493 e. The molecule has 0 saturated carbocycles. The van der Waals surface area contributed by atoms with Gasteiger partial charge in [0.2, 0.25) is 5.95 Å². The maximum atomic E-state index is 14.8. The number of aromatic nitrogens is 5. The van der Waals surface area contributed by atoms with Gasteiger partial charge in [-0.1, -0.05) is 0 Å². The van der Waals surface area contributed by atoms with Crippen molar-refractivity contribution in [1.82, 2.24) is 29.9 Å². The lowest BCUT2D eigenvalue weighted by Crippen LogP contribution is -2.41. The van der Waals surface area contributed by atoms with Gasteiger partial charge in [0, 0.05) is 31.7 Å². The molecule has 2 saturated heterocycles. The summed E-state index contributed by atoms with van der Waals surface area (Å²) in [7, 11) is -1.54. The third-order valence-corrected chi connectivity index (χ3v) is 7.53. The van der Waals surface area contributed by atoms with Gasteiger partial charge in [0.05, 0.1) is 31.0 Å². The summed E-state index contributed by atoms with van der Waals surface area (Å²) < 4.78 is 45.5. The number of ether oxygens (including phenoxy) is 1. The van der Waals surface area contributed by atoms with Gasteiger partial charge in [-0.25, -0.2) is 32.3 Å². The zero-order valence-corrected chi connectivity index (χ0v) is 19.0. The summed E-state index contributed by atoms with van der Waals surface area (Å²) in [4.78, 5) is 14.7. The van der Waals surface area contributed by atoms with Gasteiger partial charge in [0.15, 0.2) is 32.9 Å². The molecule has 1 atom stereocenters. The molecule has 3 aromatic rings. The lowest BCUT2D eigenvalue weighted by Gasteiger charge is -2.28. The molecule has 2 aliphatic heterocycles. The highest BCUT2D eigenvalue weighted by Gasteiger charge is 2.26. The predicted octanol–water partition coefficient (Wildman–Crippen LogP) is 0.733. The Morgan fingerprint density at radius 3 is 2.79 bits per heavy atom. The zero-order valence-electron chi connectivity index (χ0n) is 18.2. The van der Waals surface area contributed by atoms with E-state index in [4.69, 9.17) is 4.74 Å². The van der Waals surface area contributed by atoms with Crippen LogP contribution in [0.15, 0.2) is 18.5 Å². The van der Waals surface area contributed by atoms with Crippen molar-refractivity contribution < 1.29 is 17.5 Å². The molecule has 3 aromatic heterocycles. The molecule has 1 unspecified atom stereocenters. The number of nitrogens with zero attached hydrogens (tertiary/aromatic N) is 6. The van der Waals surface area contributed by atoms with E-state index in [-0.39, 0.29) is 23.2 Å². The van der Waals surface area contributed by atoms with Gasteiger partial charge in [-0.3, -0.25) is 0 Å². The number of sulfone groups is 1. The van der Waals surface area contributed by atoms with E-state index in [0.29, 0.717) is 41.9 Å². The average Bonchev–Trinajstić information content (AvgIpc) is 3.23. The van der Waals surface area contributed by atoms with Gasteiger partial charge >= 0.3 is 0 Å². The number of hydrogen-bond donors (Lipinski definition) is 2. The van der Waals surface area contributed by atoms with E-state index in [1.807, 2.05) is 4.90 Å². The van der Waals surface area contributed by atoms with Crippen LogP contribution in [0, 0.1) is 5.82 Å². The topological polar surface area (TPSA) is 127 Å². The first-order valence-electron chi connectivity index (χ1n) is 10.8. The zero-order chi connectivity index (χ0) is 23.0. The van der Waals surface area contributed by atoms with E-state index in [9.17, 15) is 12.8 Å². The lowest BCUT2D eigenvalue weighted by atomic mass is 10.1. The van der Waals surface area contributed by atoms with Crippen molar-refractivity contribution in [2.75, 3.05) is 55.0 Å². The number of rotatable bonds is 5. The fraction of sp³-hybridized carbons (Fsp3) is 0.500. The Morgan fingerprint density at radius 1 is 1.24 bits per heavy atom. The predicted molar refractivity (Wildman–Crippen MR) is 121 cm³/mol. The van der Waals surface area contributed by atoms with Crippen molar-refractivity contribution in [3.63, 3.8) is 0 Å². The van der Waals surface area contributed by atoms with Gasteiger partial charge in [-0.2, -0.15) is 0 Å². The fourth-order valence-corrected chi connectivity index (χ4v) is 5.32. The minimum absolute atomic E-state index is 0.0399. The van der Waals surface area contributed by atoms with E-state index >= 15 is 0 Å². The van der Waals surface area contributed by atoms with Crippen LogP contribution >= 0.6 is 0 Å². The Labute approximate surface area is 190 Å². The first kappa shape index (κ1) is 21.8. The molecule has 0 radical (unpaired) electrons. The van der Waals surface area contributed by atoms with Crippen LogP contribution < -0.4 is 20.3 Å². The molecule has 0 spiro atoms. The van der Waals surface area contributed by atoms with Crippen LogP contribution in [0.5, 0.6) is 5.75 Å². The molecule has 11 nitrogen and oxygen atoms in total. The van der Waals surface area contributed by atoms with Crippen LogP contribution in [-0.4, -0.2) is 83.8 Å². The van der Waals surface area contributed by atoms with Crippen molar-refractivity contribution in [3.05, 3.63) is 24.3 Å². The summed E-state index contributed by atoms with van der Waals surface area (Å²) in [6.07, 6.45) is 4.67. The van der Waals surface area contributed by atoms with Crippen LogP contribution in [0.3, 0.4) is 0 Å². The molecule has 33 heavy (non-hydrogen) atoms. The molecule has 5 heterocycles. The monoisotopic (exact) mass is 476 g/mol. The summed E-state index contributed by atoms with van der Waals surface area (Å²) in [5.74, 6) is 0.767. The first-order valence-corrected chi connectivity index (χ1v) is 12.6. The van der Waals surface area contributed by atoms with Crippen molar-refractivity contribution in [1.29, 1.82) is 0 Å². The number of nitrogens with one attached hydrogen (secondary N) is 2. The molecule has 0 amide bonds. The number of halogens is 1. The molecule has 2 fully saturated rings. The molecular weight excluding hydrogens is 451 g/mol. The summed E-state index contributed by atoms with van der Waals surface area (Å²) in [6, 6.07) is 1.87. The summed E-state index contributed by atoms with van der Waals surface area (Å²) in [6.45, 7) is 2.37. The smallest absolute Gasteiger partial charge is 0.223 e. The van der Waals surface area contributed by atoms with Gasteiger partial charge in [0.1, 0.15) is 11.4 Å². The van der Waals surface area contributed by atoms with Crippen LogP contribution in [0.2, 0.25) is 0 Å². The van der Waals surface area contributed by atoms with E-state index in [2.05, 4.69) is 30.7 Å². The van der Waals surface area contributed by atoms with Crippen LogP contribution in [-0.2, 0) is 9.84 Å². The number of methoxy groups -OCH3 is 1. The van der Waals surface area contributed by atoms with E-state index < -0.39 is 15.7 Å². The Balaban J connectivity index is 1.51. The lowest BCUT2D eigenvalue weighted by molar-refractivity contribution is 0.411. The van der Waals surface area contributed by atoms with Gasteiger partial charge < -0.3 is 20.3 Å². The number of piperidine rings is 1. The van der Waals surface area contributed by atoms with Crippen LogP contribution in [0.4, 0.5) is 16.2 Å². The molecular formula is C20H25FN8O3S. The van der Waals surface area contributed by atoms with E-state index in [0.717, 1.165) is 32.1 Å². The van der Waals surface area contributed by atoms with Crippen molar-refractivity contribution in [3.8, 4) is 17.1 Å². The van der Waals surface area contributed by atoms with E-state index in [1.165, 1.54) is 17.8 Å². The molecule has 2 aliphatic rings. The highest BCUT2D eigenvalue weighted by molar-refractivity contribution is 7.91. The third kappa shape index (κ3) is 4.42. The maximum Gasteiger partial charge on any atom is 0.223 e. The molecule has 13 heteroatoms. The highest BCUT2D eigenvalue weighted by atomic mass is 32.2.